The van der Waals surface area contributed by atoms with Crippen LogP contribution in [0.4, 0.5) is 0 Å². The Morgan fingerprint density at radius 1 is 1.35 bits per heavy atom. The first kappa shape index (κ1) is 15.1. The van der Waals surface area contributed by atoms with Gasteiger partial charge in [-0.2, -0.15) is 0 Å². The zero-order chi connectivity index (χ0) is 12.6. The normalized spacial score (nSPS) is 19.6. The van der Waals surface area contributed by atoms with Crippen molar-refractivity contribution in [2.75, 3.05) is 34.0 Å². The van der Waals surface area contributed by atoms with Crippen LogP contribution < -0.4 is 0 Å². The molecule has 100 valence electrons. The molecular weight excluding hydrogens is 240 g/mol. The van der Waals surface area contributed by atoms with Gasteiger partial charge in [0.25, 0.3) is 5.97 Å². The largest absolute Gasteiger partial charge is 0.378 e. The van der Waals surface area contributed by atoms with Crippen molar-refractivity contribution in [3.05, 3.63) is 0 Å². The lowest BCUT2D eigenvalue weighted by Gasteiger charge is -2.30. The van der Waals surface area contributed by atoms with Crippen LogP contribution in [0, 0.1) is 0 Å². The van der Waals surface area contributed by atoms with E-state index in [9.17, 15) is 0 Å². The molecule has 0 spiro atoms. The fourth-order valence-corrected chi connectivity index (χ4v) is 2.06. The van der Waals surface area contributed by atoms with Gasteiger partial charge in [0.1, 0.15) is 6.10 Å². The lowest BCUT2D eigenvalue weighted by molar-refractivity contribution is -0.329. The molecule has 5 nitrogen and oxygen atoms in total. The lowest BCUT2D eigenvalue weighted by atomic mass is 10.4. The predicted molar refractivity (Wildman–Crippen MR) is 63.9 cm³/mol. The van der Waals surface area contributed by atoms with Gasteiger partial charge in [-0.05, 0) is 6.04 Å². The Kier molecular flexibility index (Phi) is 7.25. The summed E-state index contributed by atoms with van der Waals surface area (Å²) in [6, 6.07) is 1.02. The third-order valence-corrected chi connectivity index (χ3v) is 3.62. The first-order valence-corrected chi connectivity index (χ1v) is 7.08. The van der Waals surface area contributed by atoms with Crippen LogP contribution in [0.2, 0.25) is 6.04 Å². The molecule has 0 amide bonds. The molecular formula is C11H22O5Si. The summed E-state index contributed by atoms with van der Waals surface area (Å²) in [7, 11) is 3.56. The van der Waals surface area contributed by atoms with Crippen LogP contribution in [-0.4, -0.2) is 55.9 Å². The van der Waals surface area contributed by atoms with Gasteiger partial charge in [-0.3, -0.25) is 0 Å². The smallest absolute Gasteiger partial charge is 0.274 e. The second-order valence-electron chi connectivity index (χ2n) is 3.87. The van der Waals surface area contributed by atoms with Crippen molar-refractivity contribution >= 4 is 9.76 Å². The van der Waals surface area contributed by atoms with E-state index >= 15 is 0 Å². The molecule has 0 saturated carbocycles. The van der Waals surface area contributed by atoms with Gasteiger partial charge in [0.2, 0.25) is 9.76 Å². The monoisotopic (exact) mass is 262 g/mol. The Bertz CT molecular complexity index is 194. The zero-order valence-corrected chi connectivity index (χ0v) is 11.9. The van der Waals surface area contributed by atoms with Crippen molar-refractivity contribution in [2.24, 2.45) is 0 Å². The highest BCUT2D eigenvalue weighted by Gasteiger charge is 2.31. The molecule has 1 fully saturated rings. The van der Waals surface area contributed by atoms with Crippen LogP contribution in [-0.2, 0) is 23.4 Å². The molecule has 17 heavy (non-hydrogen) atoms. The van der Waals surface area contributed by atoms with Gasteiger partial charge in [-0.25, -0.2) is 0 Å². The molecule has 1 heterocycles. The van der Waals surface area contributed by atoms with Crippen molar-refractivity contribution in [1.29, 1.82) is 0 Å². The summed E-state index contributed by atoms with van der Waals surface area (Å²) >= 11 is 0. The first-order valence-electron chi connectivity index (χ1n) is 5.97. The summed E-state index contributed by atoms with van der Waals surface area (Å²) in [6.07, 6.45) is 1.94. The van der Waals surface area contributed by atoms with Crippen LogP contribution in [0.5, 0.6) is 0 Å². The van der Waals surface area contributed by atoms with Crippen molar-refractivity contribution in [2.45, 2.75) is 37.9 Å². The van der Waals surface area contributed by atoms with Gasteiger partial charge >= 0.3 is 0 Å². The number of rotatable bonds is 11. The van der Waals surface area contributed by atoms with Gasteiger partial charge in [0, 0.05) is 14.2 Å². The Balaban J connectivity index is 2.18. The Hall–Kier alpha value is 0.0169. The molecule has 1 saturated heterocycles. The fourth-order valence-electron chi connectivity index (χ4n) is 1.26. The summed E-state index contributed by atoms with van der Waals surface area (Å²) in [4.78, 5) is 0. The Labute approximate surface area is 106 Å². The standard InChI is InChI=1S/C11H22O5Si/c1-4-7-17-16-11(12-2,13-3)5-6-14-8-10-9-15-10/h10H,4-9H2,1-3H3. The van der Waals surface area contributed by atoms with Crippen molar-refractivity contribution in [3.63, 3.8) is 0 Å². The van der Waals surface area contributed by atoms with E-state index < -0.39 is 5.97 Å². The molecule has 0 aromatic carbocycles. The van der Waals surface area contributed by atoms with Gasteiger partial charge < -0.3 is 23.4 Å². The molecule has 2 radical (unpaired) electrons. The minimum atomic E-state index is -0.960. The number of epoxide rings is 1. The molecule has 6 heteroatoms. The Morgan fingerprint density at radius 3 is 2.59 bits per heavy atom. The van der Waals surface area contributed by atoms with Gasteiger partial charge in [-0.15, -0.1) is 0 Å². The number of methoxy groups -OCH3 is 2. The highest BCUT2D eigenvalue weighted by molar-refractivity contribution is 6.27. The molecule has 0 aliphatic carbocycles. The van der Waals surface area contributed by atoms with Crippen LogP contribution >= 0.6 is 0 Å². The van der Waals surface area contributed by atoms with E-state index in [1.54, 1.807) is 14.2 Å². The van der Waals surface area contributed by atoms with Crippen molar-refractivity contribution < 1.29 is 23.4 Å². The summed E-state index contributed by atoms with van der Waals surface area (Å²) in [5, 5.41) is 0. The molecule has 1 atom stereocenters. The van der Waals surface area contributed by atoms with Gasteiger partial charge in [0.15, 0.2) is 0 Å². The number of ether oxygens (including phenoxy) is 4. The van der Waals surface area contributed by atoms with E-state index in [1.807, 2.05) is 0 Å². The van der Waals surface area contributed by atoms with Crippen LogP contribution in [0.25, 0.3) is 0 Å². The van der Waals surface area contributed by atoms with Crippen LogP contribution in [0.1, 0.15) is 19.8 Å². The lowest BCUT2D eigenvalue weighted by Crippen LogP contribution is -2.39. The van der Waals surface area contributed by atoms with E-state index in [2.05, 4.69) is 6.92 Å². The van der Waals surface area contributed by atoms with E-state index in [0.717, 1.165) is 19.1 Å². The van der Waals surface area contributed by atoms with E-state index in [1.165, 1.54) is 0 Å². The van der Waals surface area contributed by atoms with Crippen molar-refractivity contribution in [1.82, 2.24) is 0 Å². The second kappa shape index (κ2) is 8.18. The van der Waals surface area contributed by atoms with Crippen molar-refractivity contribution in [3.8, 4) is 0 Å². The minimum Gasteiger partial charge on any atom is -0.378 e. The predicted octanol–water partition coefficient (Wildman–Crippen LogP) is 1.20. The molecule has 1 aliphatic heterocycles. The number of hydrogen-bond acceptors (Lipinski definition) is 5. The summed E-state index contributed by atoms with van der Waals surface area (Å²) in [5.74, 6) is -0.960. The van der Waals surface area contributed by atoms with E-state index in [0.29, 0.717) is 29.4 Å². The van der Waals surface area contributed by atoms with Crippen LogP contribution in [0.15, 0.2) is 0 Å². The SMILES string of the molecule is CCC[Si]OC(CCOCC1CO1)(OC)OC. The topological polar surface area (TPSA) is 49.5 Å². The molecule has 0 N–H and O–H groups in total. The van der Waals surface area contributed by atoms with E-state index in [-0.39, 0.29) is 6.10 Å². The third kappa shape index (κ3) is 5.94. The number of hydrogen-bond donors (Lipinski definition) is 0. The zero-order valence-electron chi connectivity index (χ0n) is 10.9. The van der Waals surface area contributed by atoms with Gasteiger partial charge in [0.05, 0.1) is 26.2 Å². The van der Waals surface area contributed by atoms with Gasteiger partial charge in [-0.1, -0.05) is 13.3 Å². The highest BCUT2D eigenvalue weighted by Crippen LogP contribution is 2.19. The minimum absolute atomic E-state index is 0.289. The Morgan fingerprint density at radius 2 is 2.06 bits per heavy atom. The first-order chi connectivity index (χ1) is 8.26. The molecule has 1 unspecified atom stereocenters. The molecule has 0 bridgehead atoms. The average molecular weight is 262 g/mol. The summed E-state index contributed by atoms with van der Waals surface area (Å²) in [5.41, 5.74) is 0. The molecule has 0 aromatic heterocycles. The maximum absolute atomic E-state index is 5.66. The second-order valence-corrected chi connectivity index (χ2v) is 4.86. The van der Waals surface area contributed by atoms with E-state index in [4.69, 9.17) is 23.4 Å². The molecule has 1 aliphatic rings. The average Bonchev–Trinajstić information content (AvgIpc) is 3.17. The third-order valence-electron chi connectivity index (χ3n) is 2.46. The quantitative estimate of drug-likeness (QED) is 0.242. The fraction of sp³-hybridized carbons (Fsp3) is 1.00. The summed E-state index contributed by atoms with van der Waals surface area (Å²) < 4.78 is 26.8. The maximum Gasteiger partial charge on any atom is 0.274 e. The van der Waals surface area contributed by atoms with Crippen LogP contribution in [0.3, 0.4) is 0 Å². The molecule has 1 rings (SSSR count). The maximum atomic E-state index is 5.66. The highest BCUT2D eigenvalue weighted by atomic mass is 28.2. The molecule has 0 aromatic rings. The summed E-state index contributed by atoms with van der Waals surface area (Å²) in [6.45, 7) is 4.11.